The molecule has 0 unspecified atom stereocenters. The Morgan fingerprint density at radius 2 is 2.05 bits per heavy atom. The first-order chi connectivity index (χ1) is 9.76. The van der Waals surface area contributed by atoms with Gasteiger partial charge in [0, 0.05) is 18.0 Å². The lowest BCUT2D eigenvalue weighted by atomic mass is 10.1. The van der Waals surface area contributed by atoms with Gasteiger partial charge in [-0.25, -0.2) is 14.4 Å². The zero-order chi connectivity index (χ0) is 15.6. The second kappa shape index (κ2) is 5.63. The van der Waals surface area contributed by atoms with Crippen LogP contribution in [0.4, 0.5) is 10.2 Å². The van der Waals surface area contributed by atoms with Crippen LogP contribution in [0.25, 0.3) is 10.9 Å². The lowest BCUT2D eigenvalue weighted by Gasteiger charge is -2.24. The Bertz CT molecular complexity index is 666. The van der Waals surface area contributed by atoms with E-state index in [2.05, 4.69) is 15.3 Å². The Labute approximate surface area is 123 Å². The predicted octanol–water partition coefficient (Wildman–Crippen LogP) is 2.12. The molecule has 5 nitrogen and oxygen atoms in total. The van der Waals surface area contributed by atoms with Gasteiger partial charge >= 0.3 is 0 Å². The minimum absolute atomic E-state index is 0.117. The fraction of sp³-hybridized carbons (Fsp3) is 0.400. The molecule has 0 radical (unpaired) electrons. The largest absolute Gasteiger partial charge is 0.350 e. The Morgan fingerprint density at radius 3 is 2.71 bits per heavy atom. The highest BCUT2D eigenvalue weighted by Gasteiger charge is 2.17. The molecular formula is C15H19FN4O. The summed E-state index contributed by atoms with van der Waals surface area (Å²) in [6.07, 6.45) is 1.41. The smallest absolute Gasteiger partial charge is 0.239 e. The van der Waals surface area contributed by atoms with Crippen molar-refractivity contribution in [3.05, 3.63) is 30.3 Å². The Morgan fingerprint density at radius 1 is 1.33 bits per heavy atom. The van der Waals surface area contributed by atoms with E-state index < -0.39 is 0 Å². The van der Waals surface area contributed by atoms with Gasteiger partial charge in [-0.15, -0.1) is 0 Å². The van der Waals surface area contributed by atoms with Crippen LogP contribution >= 0.6 is 0 Å². The second-order valence-electron chi connectivity index (χ2n) is 6.01. The number of hydrogen-bond acceptors (Lipinski definition) is 4. The molecule has 112 valence electrons. The van der Waals surface area contributed by atoms with Gasteiger partial charge in [0.15, 0.2) is 0 Å². The Kier molecular flexibility index (Phi) is 4.06. The molecule has 0 bridgehead atoms. The molecule has 1 aromatic heterocycles. The van der Waals surface area contributed by atoms with Crippen LogP contribution < -0.4 is 10.2 Å². The van der Waals surface area contributed by atoms with Crippen molar-refractivity contribution < 1.29 is 9.18 Å². The van der Waals surface area contributed by atoms with Gasteiger partial charge in [0.2, 0.25) is 5.91 Å². The molecule has 2 aromatic rings. The highest BCUT2D eigenvalue weighted by molar-refractivity contribution is 5.91. The molecule has 1 amide bonds. The normalized spacial score (nSPS) is 11.5. The molecule has 1 aromatic carbocycles. The van der Waals surface area contributed by atoms with Crippen LogP contribution in [0.5, 0.6) is 0 Å². The van der Waals surface area contributed by atoms with E-state index in [4.69, 9.17) is 0 Å². The van der Waals surface area contributed by atoms with Crippen molar-refractivity contribution in [3.8, 4) is 0 Å². The summed E-state index contributed by atoms with van der Waals surface area (Å²) in [7, 11) is 1.74. The minimum Gasteiger partial charge on any atom is -0.350 e. The number of aromatic nitrogens is 2. The minimum atomic E-state index is -0.355. The summed E-state index contributed by atoms with van der Waals surface area (Å²) in [6, 6.07) is 4.33. The number of amides is 1. The lowest BCUT2D eigenvalue weighted by Crippen LogP contribution is -2.45. The Hall–Kier alpha value is -2.24. The molecule has 0 aliphatic carbocycles. The molecule has 0 saturated heterocycles. The molecule has 0 spiro atoms. The highest BCUT2D eigenvalue weighted by atomic mass is 19.1. The fourth-order valence-corrected chi connectivity index (χ4v) is 2.07. The molecular weight excluding hydrogens is 271 g/mol. The number of likely N-dealkylation sites (N-methyl/N-ethyl adjacent to an activating group) is 1. The number of hydrogen-bond donors (Lipinski definition) is 1. The van der Waals surface area contributed by atoms with Gasteiger partial charge in [-0.05, 0) is 39.0 Å². The van der Waals surface area contributed by atoms with Crippen LogP contribution in [0.2, 0.25) is 0 Å². The molecule has 0 aliphatic rings. The maximum absolute atomic E-state index is 13.4. The summed E-state index contributed by atoms with van der Waals surface area (Å²) in [5, 5.41) is 3.47. The van der Waals surface area contributed by atoms with E-state index in [1.165, 1.54) is 18.5 Å². The maximum atomic E-state index is 13.4. The lowest BCUT2D eigenvalue weighted by molar-refractivity contribution is -0.121. The van der Waals surface area contributed by atoms with Crippen LogP contribution in [-0.2, 0) is 4.79 Å². The SMILES string of the molecule is CN(CC(=O)NC(C)(C)C)c1ncnc2ccc(F)cc12. The van der Waals surface area contributed by atoms with E-state index in [1.54, 1.807) is 18.0 Å². The van der Waals surface area contributed by atoms with Gasteiger partial charge in [0.25, 0.3) is 0 Å². The molecule has 1 N–H and O–H groups in total. The van der Waals surface area contributed by atoms with Crippen molar-refractivity contribution in [1.29, 1.82) is 0 Å². The fourth-order valence-electron chi connectivity index (χ4n) is 2.07. The number of nitrogens with zero attached hydrogens (tertiary/aromatic N) is 3. The average molecular weight is 290 g/mol. The molecule has 6 heteroatoms. The number of anilines is 1. The summed E-state index contributed by atoms with van der Waals surface area (Å²) in [5.74, 6) is 0.0582. The number of rotatable bonds is 3. The van der Waals surface area contributed by atoms with Crippen molar-refractivity contribution in [2.24, 2.45) is 0 Å². The summed E-state index contributed by atoms with van der Waals surface area (Å²) >= 11 is 0. The van der Waals surface area contributed by atoms with Crippen molar-refractivity contribution in [1.82, 2.24) is 15.3 Å². The third-order valence-electron chi connectivity index (χ3n) is 2.83. The number of carbonyl (C=O) groups excluding carboxylic acids is 1. The number of carbonyl (C=O) groups is 1. The summed E-state index contributed by atoms with van der Waals surface area (Å²) in [6.45, 7) is 5.89. The third-order valence-corrected chi connectivity index (χ3v) is 2.83. The van der Waals surface area contributed by atoms with Crippen molar-refractivity contribution in [3.63, 3.8) is 0 Å². The van der Waals surface area contributed by atoms with Gasteiger partial charge in [0.1, 0.15) is 18.0 Å². The molecule has 0 fully saturated rings. The van der Waals surface area contributed by atoms with Gasteiger partial charge in [-0.3, -0.25) is 4.79 Å². The van der Waals surface area contributed by atoms with Gasteiger partial charge in [-0.1, -0.05) is 0 Å². The van der Waals surface area contributed by atoms with Gasteiger partial charge in [-0.2, -0.15) is 0 Å². The van der Waals surface area contributed by atoms with Crippen LogP contribution in [0.15, 0.2) is 24.5 Å². The zero-order valence-electron chi connectivity index (χ0n) is 12.6. The zero-order valence-corrected chi connectivity index (χ0v) is 12.6. The number of halogens is 1. The molecule has 2 rings (SSSR count). The summed E-state index contributed by atoms with van der Waals surface area (Å²) in [4.78, 5) is 21.9. The number of benzene rings is 1. The van der Waals surface area contributed by atoms with E-state index in [1.807, 2.05) is 20.8 Å². The molecule has 0 aliphatic heterocycles. The molecule has 1 heterocycles. The maximum Gasteiger partial charge on any atom is 0.239 e. The average Bonchev–Trinajstić information content (AvgIpc) is 2.35. The van der Waals surface area contributed by atoms with Gasteiger partial charge in [0.05, 0.1) is 12.1 Å². The summed E-state index contributed by atoms with van der Waals surface area (Å²) < 4.78 is 13.4. The van der Waals surface area contributed by atoms with E-state index in [-0.39, 0.29) is 23.8 Å². The topological polar surface area (TPSA) is 58.1 Å². The molecule has 0 saturated carbocycles. The van der Waals surface area contributed by atoms with E-state index >= 15 is 0 Å². The molecule has 0 atom stereocenters. The molecule has 21 heavy (non-hydrogen) atoms. The van der Waals surface area contributed by atoms with Crippen LogP contribution in [0.1, 0.15) is 20.8 Å². The van der Waals surface area contributed by atoms with Crippen LogP contribution in [-0.4, -0.2) is 35.0 Å². The van der Waals surface area contributed by atoms with Crippen LogP contribution in [0, 0.1) is 5.82 Å². The monoisotopic (exact) mass is 290 g/mol. The summed E-state index contributed by atoms with van der Waals surface area (Å²) in [5.41, 5.74) is 0.349. The van der Waals surface area contributed by atoms with E-state index in [0.717, 1.165) is 0 Å². The van der Waals surface area contributed by atoms with E-state index in [9.17, 15) is 9.18 Å². The van der Waals surface area contributed by atoms with E-state index in [0.29, 0.717) is 16.7 Å². The van der Waals surface area contributed by atoms with Gasteiger partial charge < -0.3 is 10.2 Å². The van der Waals surface area contributed by atoms with Crippen molar-refractivity contribution >= 4 is 22.6 Å². The number of nitrogens with one attached hydrogen (secondary N) is 1. The van der Waals surface area contributed by atoms with Crippen LogP contribution in [0.3, 0.4) is 0 Å². The standard InChI is InChI=1S/C15H19FN4O/c1-15(2,3)19-13(21)8-20(4)14-11-7-10(16)5-6-12(11)17-9-18-14/h5-7,9H,8H2,1-4H3,(H,19,21). The second-order valence-corrected chi connectivity index (χ2v) is 6.01. The first-order valence-electron chi connectivity index (χ1n) is 6.69. The quantitative estimate of drug-likeness (QED) is 0.940. The third kappa shape index (κ3) is 3.87. The van der Waals surface area contributed by atoms with Crippen molar-refractivity contribution in [2.75, 3.05) is 18.5 Å². The number of fused-ring (bicyclic) bond motifs is 1. The first-order valence-corrected chi connectivity index (χ1v) is 6.69. The Balaban J connectivity index is 2.25. The van der Waals surface area contributed by atoms with Crippen molar-refractivity contribution in [2.45, 2.75) is 26.3 Å². The first kappa shape index (κ1) is 15.2. The predicted molar refractivity (Wildman–Crippen MR) is 80.7 cm³/mol. The highest BCUT2D eigenvalue weighted by Crippen LogP contribution is 2.22.